The van der Waals surface area contributed by atoms with Crippen molar-refractivity contribution >= 4 is 33.5 Å². The van der Waals surface area contributed by atoms with Gasteiger partial charge in [0, 0.05) is 10.8 Å². The van der Waals surface area contributed by atoms with Crippen LogP contribution in [-0.4, -0.2) is 8.42 Å². The number of hydrogen-bond donors (Lipinski definition) is 1. The third-order valence-corrected chi connectivity index (χ3v) is 7.23. The van der Waals surface area contributed by atoms with Gasteiger partial charge in [-0.25, -0.2) is 0 Å². The van der Waals surface area contributed by atoms with E-state index < -0.39 is 10.3 Å². The van der Waals surface area contributed by atoms with Gasteiger partial charge in [-0.1, -0.05) is 12.2 Å². The van der Waals surface area contributed by atoms with Crippen molar-refractivity contribution in [3.05, 3.63) is 34.5 Å². The zero-order chi connectivity index (χ0) is 18.1. The van der Waals surface area contributed by atoms with E-state index in [1.165, 1.54) is 38.5 Å². The van der Waals surface area contributed by atoms with Crippen molar-refractivity contribution in [2.24, 2.45) is 22.9 Å². The smallest absolute Gasteiger partial charge is 0.380 e. The van der Waals surface area contributed by atoms with Crippen LogP contribution >= 0.6 is 12.2 Å². The summed E-state index contributed by atoms with van der Waals surface area (Å²) in [4.78, 5) is 0. The fourth-order valence-electron chi connectivity index (χ4n) is 6.00. The van der Waals surface area contributed by atoms with E-state index in [4.69, 9.17) is 26.0 Å². The summed E-state index contributed by atoms with van der Waals surface area (Å²) >= 11 is 5.60. The molecular formula is C19H21NO4S2. The Kier molecular flexibility index (Phi) is 3.56. The van der Waals surface area contributed by atoms with E-state index >= 15 is 0 Å². The van der Waals surface area contributed by atoms with Gasteiger partial charge < -0.3 is 8.60 Å². The Balaban J connectivity index is 1.58. The lowest BCUT2D eigenvalue weighted by molar-refractivity contribution is -0.0150. The zero-order valence-electron chi connectivity index (χ0n) is 14.3. The third kappa shape index (κ3) is 2.77. The molecule has 4 aliphatic carbocycles. The van der Waals surface area contributed by atoms with Gasteiger partial charge in [-0.2, -0.15) is 13.6 Å². The topological polar surface area (TPSA) is 82.5 Å². The summed E-state index contributed by atoms with van der Waals surface area (Å²) in [6.07, 6.45) is 7.74. The second-order valence-corrected chi connectivity index (χ2v) is 10.00. The minimum absolute atomic E-state index is 0.131. The first-order valence-electron chi connectivity index (χ1n) is 9.10. The van der Waals surface area contributed by atoms with E-state index in [1.807, 2.05) is 6.07 Å². The quantitative estimate of drug-likeness (QED) is 0.793. The first kappa shape index (κ1) is 16.7. The van der Waals surface area contributed by atoms with Crippen LogP contribution < -0.4 is 9.32 Å². The third-order valence-electron chi connectivity index (χ3n) is 6.47. The highest BCUT2D eigenvalue weighted by Crippen LogP contribution is 2.60. The van der Waals surface area contributed by atoms with Gasteiger partial charge in [-0.05, 0) is 80.5 Å². The highest BCUT2D eigenvalue weighted by atomic mass is 32.2. The van der Waals surface area contributed by atoms with Crippen molar-refractivity contribution in [2.75, 3.05) is 0 Å². The van der Waals surface area contributed by atoms with E-state index in [9.17, 15) is 8.42 Å². The van der Waals surface area contributed by atoms with E-state index in [0.29, 0.717) is 15.5 Å². The lowest BCUT2D eigenvalue weighted by atomic mass is 9.49. The Morgan fingerprint density at radius 1 is 1.08 bits per heavy atom. The van der Waals surface area contributed by atoms with Crippen LogP contribution in [0.2, 0.25) is 0 Å². The number of hydrogen-bond acceptors (Lipinski definition) is 5. The molecule has 0 amide bonds. The van der Waals surface area contributed by atoms with Gasteiger partial charge in [0.2, 0.25) is 0 Å². The average molecular weight is 392 g/mol. The van der Waals surface area contributed by atoms with Gasteiger partial charge >= 0.3 is 10.3 Å². The van der Waals surface area contributed by atoms with Crippen molar-refractivity contribution in [1.29, 1.82) is 0 Å². The minimum atomic E-state index is -4.06. The molecule has 1 heterocycles. The van der Waals surface area contributed by atoms with Crippen LogP contribution in [0.4, 0.5) is 0 Å². The van der Waals surface area contributed by atoms with Crippen LogP contribution in [-0.2, 0) is 15.7 Å². The van der Waals surface area contributed by atoms with E-state index in [1.54, 1.807) is 18.2 Å². The summed E-state index contributed by atoms with van der Waals surface area (Å²) in [6, 6.07) is 6.82. The van der Waals surface area contributed by atoms with Crippen molar-refractivity contribution in [3.63, 3.8) is 0 Å². The maximum atomic E-state index is 11.1. The van der Waals surface area contributed by atoms with Gasteiger partial charge in [0.15, 0.2) is 0 Å². The molecular weight excluding hydrogens is 370 g/mol. The average Bonchev–Trinajstić information content (AvgIpc) is 2.52. The molecule has 4 bridgehead atoms. The van der Waals surface area contributed by atoms with Gasteiger partial charge in [0.1, 0.15) is 17.1 Å². The molecule has 0 unspecified atom stereocenters. The van der Waals surface area contributed by atoms with Crippen molar-refractivity contribution in [1.82, 2.24) is 0 Å². The molecule has 2 aromatic rings. The normalized spacial score (nSPS) is 32.9. The van der Waals surface area contributed by atoms with Crippen LogP contribution in [0.3, 0.4) is 0 Å². The number of rotatable bonds is 3. The second kappa shape index (κ2) is 5.53. The number of nitrogens with two attached hydrogens (primary N) is 1. The highest BCUT2D eigenvalue weighted by Gasteiger charge is 2.53. The van der Waals surface area contributed by atoms with Crippen LogP contribution in [0, 0.1) is 22.3 Å². The molecule has 2 N–H and O–H groups in total. The van der Waals surface area contributed by atoms with Gasteiger partial charge in [-0.15, -0.1) is 0 Å². The molecule has 1 aromatic carbocycles. The Hall–Kier alpha value is -1.44. The lowest BCUT2D eigenvalue weighted by Crippen LogP contribution is -2.48. The Morgan fingerprint density at radius 3 is 2.27 bits per heavy atom. The first-order chi connectivity index (χ1) is 12.3. The molecule has 0 saturated heterocycles. The monoisotopic (exact) mass is 391 g/mol. The van der Waals surface area contributed by atoms with Gasteiger partial charge in [-0.3, -0.25) is 0 Å². The maximum Gasteiger partial charge on any atom is 0.380 e. The first-order valence-corrected chi connectivity index (χ1v) is 11.0. The second-order valence-electron chi connectivity index (χ2n) is 8.41. The molecule has 4 saturated carbocycles. The SMILES string of the molecule is NS(=O)(=O)Oc1ccc2oc(C34CC5CC(CC(C5)C3)C4)cc(=S)c2c1. The fourth-order valence-corrected chi connectivity index (χ4v) is 6.63. The molecule has 4 aliphatic rings. The summed E-state index contributed by atoms with van der Waals surface area (Å²) in [7, 11) is -4.06. The highest BCUT2D eigenvalue weighted by molar-refractivity contribution is 7.84. The molecule has 7 heteroatoms. The molecule has 0 atom stereocenters. The molecule has 5 nitrogen and oxygen atoms in total. The summed E-state index contributed by atoms with van der Waals surface area (Å²) in [5, 5.41) is 5.62. The standard InChI is InChI=1S/C19H21NO4S2/c20-26(21,22)24-14-1-2-16-15(6-14)17(25)7-18(23-16)19-8-11-3-12(9-19)5-13(4-11)10-19/h1-2,6-7,11-13H,3-5,8-10H2,(H2,20,21,22). The van der Waals surface area contributed by atoms with E-state index in [-0.39, 0.29) is 11.2 Å². The fraction of sp³-hybridized carbons (Fsp3) is 0.526. The van der Waals surface area contributed by atoms with Crippen LogP contribution in [0.15, 0.2) is 28.7 Å². The van der Waals surface area contributed by atoms with Gasteiger partial charge in [0.25, 0.3) is 0 Å². The van der Waals surface area contributed by atoms with Crippen LogP contribution in [0.5, 0.6) is 5.75 Å². The Morgan fingerprint density at radius 2 is 1.69 bits per heavy atom. The summed E-state index contributed by atoms with van der Waals surface area (Å²) in [6.45, 7) is 0. The molecule has 0 aliphatic heterocycles. The lowest BCUT2D eigenvalue weighted by Gasteiger charge is -2.56. The maximum absolute atomic E-state index is 11.1. The molecule has 4 fully saturated rings. The van der Waals surface area contributed by atoms with E-state index in [0.717, 1.165) is 23.5 Å². The molecule has 138 valence electrons. The largest absolute Gasteiger partial charge is 0.460 e. The predicted octanol–water partition coefficient (Wildman–Crippen LogP) is 4.21. The number of benzene rings is 1. The molecule has 26 heavy (non-hydrogen) atoms. The van der Waals surface area contributed by atoms with Crippen molar-refractivity contribution < 1.29 is 17.0 Å². The van der Waals surface area contributed by atoms with Crippen molar-refractivity contribution in [2.45, 2.75) is 43.9 Å². The number of fused-ring (bicyclic) bond motifs is 1. The summed E-state index contributed by atoms with van der Waals surface area (Å²) in [5.74, 6) is 3.63. The van der Waals surface area contributed by atoms with Gasteiger partial charge in [0.05, 0.1) is 4.51 Å². The molecule has 0 radical (unpaired) electrons. The summed E-state index contributed by atoms with van der Waals surface area (Å²) < 4.78 is 34.0. The van der Waals surface area contributed by atoms with Crippen molar-refractivity contribution in [3.8, 4) is 5.75 Å². The van der Waals surface area contributed by atoms with Crippen LogP contribution in [0.25, 0.3) is 11.0 Å². The molecule has 1 aromatic heterocycles. The predicted molar refractivity (Wildman–Crippen MR) is 101 cm³/mol. The zero-order valence-corrected chi connectivity index (χ0v) is 15.9. The van der Waals surface area contributed by atoms with Crippen LogP contribution in [0.1, 0.15) is 44.3 Å². The van der Waals surface area contributed by atoms with E-state index in [2.05, 4.69) is 0 Å². The molecule has 0 spiro atoms. The molecule has 6 rings (SSSR count). The Labute approximate surface area is 157 Å². The Bertz CT molecular complexity index is 1020. The summed E-state index contributed by atoms with van der Waals surface area (Å²) in [5.41, 5.74) is 0.803. The minimum Gasteiger partial charge on any atom is -0.460 e.